The van der Waals surface area contributed by atoms with E-state index in [2.05, 4.69) is 15.5 Å². The maximum Gasteiger partial charge on any atom is 0.260 e. The van der Waals surface area contributed by atoms with Crippen molar-refractivity contribution in [3.8, 4) is 0 Å². The van der Waals surface area contributed by atoms with Crippen molar-refractivity contribution in [2.75, 3.05) is 5.32 Å². The Kier molecular flexibility index (Phi) is 4.61. The van der Waals surface area contributed by atoms with Crippen LogP contribution in [0.1, 0.15) is 26.5 Å². The van der Waals surface area contributed by atoms with E-state index in [0.29, 0.717) is 11.4 Å². The molecule has 122 valence electrons. The molecule has 0 aliphatic carbocycles. The summed E-state index contributed by atoms with van der Waals surface area (Å²) in [5, 5.41) is 11.3. The molecule has 1 amide bonds. The molecule has 1 heterocycles. The largest absolute Gasteiger partial charge is 0.296 e. The predicted octanol–water partition coefficient (Wildman–Crippen LogP) is 3.97. The van der Waals surface area contributed by atoms with Crippen LogP contribution < -0.4 is 5.32 Å². The number of hydrogen-bond donors (Lipinski definition) is 1. The second-order valence-corrected chi connectivity index (χ2v) is 6.30. The number of aryl methyl sites for hydroxylation is 1. The van der Waals surface area contributed by atoms with Crippen molar-refractivity contribution in [1.82, 2.24) is 10.2 Å². The molecule has 0 unspecified atom stereocenters. The minimum absolute atomic E-state index is 0.241. The van der Waals surface area contributed by atoms with Crippen molar-refractivity contribution in [1.29, 1.82) is 0 Å². The number of carbonyl (C=O) groups excluding carboxylic acids is 1. The van der Waals surface area contributed by atoms with Crippen molar-refractivity contribution in [2.24, 2.45) is 0 Å². The van der Waals surface area contributed by atoms with E-state index < -0.39 is 17.5 Å². The molecule has 0 aliphatic heterocycles. The van der Waals surface area contributed by atoms with Crippen molar-refractivity contribution < 1.29 is 13.6 Å². The molecule has 0 fully saturated rings. The second kappa shape index (κ2) is 6.84. The number of nitrogens with zero attached hydrogens (tertiary/aromatic N) is 2. The third kappa shape index (κ3) is 3.80. The number of carbonyl (C=O) groups is 1. The van der Waals surface area contributed by atoms with Gasteiger partial charge in [0, 0.05) is 6.42 Å². The molecule has 1 aromatic heterocycles. The third-order valence-corrected chi connectivity index (χ3v) is 4.17. The minimum Gasteiger partial charge on any atom is -0.296 e. The number of rotatable bonds is 4. The molecule has 3 aromatic rings. The Labute approximate surface area is 141 Å². The summed E-state index contributed by atoms with van der Waals surface area (Å²) in [6.07, 6.45) is 0.585. The summed E-state index contributed by atoms with van der Waals surface area (Å²) in [6, 6.07) is 10.7. The minimum atomic E-state index is -0.793. The van der Waals surface area contributed by atoms with Gasteiger partial charge in [-0.15, -0.1) is 10.2 Å². The van der Waals surface area contributed by atoms with Crippen LogP contribution in [0.15, 0.2) is 42.5 Å². The standard InChI is InChI=1S/C17H13F2N3OS/c1-10-2-4-11(5-3-10)8-15-21-22-17(24-15)20-16(23)13-9-12(18)6-7-14(13)19/h2-7,9H,8H2,1H3,(H,20,22,23). The van der Waals surface area contributed by atoms with Crippen LogP contribution in [0, 0.1) is 18.6 Å². The van der Waals surface area contributed by atoms with E-state index >= 15 is 0 Å². The van der Waals surface area contributed by atoms with Gasteiger partial charge < -0.3 is 0 Å². The predicted molar refractivity (Wildman–Crippen MR) is 88.2 cm³/mol. The Balaban J connectivity index is 1.70. The molecule has 24 heavy (non-hydrogen) atoms. The molecule has 0 spiro atoms. The fourth-order valence-electron chi connectivity index (χ4n) is 2.09. The normalized spacial score (nSPS) is 10.6. The second-order valence-electron chi connectivity index (χ2n) is 5.24. The van der Waals surface area contributed by atoms with Crippen LogP contribution in [0.25, 0.3) is 0 Å². The van der Waals surface area contributed by atoms with Gasteiger partial charge in [0.15, 0.2) is 0 Å². The van der Waals surface area contributed by atoms with Crippen molar-refractivity contribution >= 4 is 22.4 Å². The molecule has 0 radical (unpaired) electrons. The highest BCUT2D eigenvalue weighted by Crippen LogP contribution is 2.20. The van der Waals surface area contributed by atoms with Crippen molar-refractivity contribution in [2.45, 2.75) is 13.3 Å². The number of anilines is 1. The SMILES string of the molecule is Cc1ccc(Cc2nnc(NC(=O)c3cc(F)ccc3F)s2)cc1. The molecule has 3 rings (SSSR count). The molecule has 0 saturated carbocycles. The summed E-state index contributed by atoms with van der Waals surface area (Å²) in [5.41, 5.74) is 1.87. The zero-order valence-electron chi connectivity index (χ0n) is 12.7. The van der Waals surface area contributed by atoms with Gasteiger partial charge in [-0.25, -0.2) is 8.78 Å². The first-order valence-electron chi connectivity index (χ1n) is 7.15. The van der Waals surface area contributed by atoms with Gasteiger partial charge in [-0.1, -0.05) is 41.2 Å². The van der Waals surface area contributed by atoms with Gasteiger partial charge in [0.05, 0.1) is 5.56 Å². The number of halogens is 2. The van der Waals surface area contributed by atoms with Gasteiger partial charge in [0.2, 0.25) is 5.13 Å². The summed E-state index contributed by atoms with van der Waals surface area (Å²) in [6.45, 7) is 2.01. The smallest absolute Gasteiger partial charge is 0.260 e. The molecular formula is C17H13F2N3OS. The molecular weight excluding hydrogens is 332 g/mol. The number of hydrogen-bond acceptors (Lipinski definition) is 4. The lowest BCUT2D eigenvalue weighted by Crippen LogP contribution is -2.13. The Hall–Kier alpha value is -2.67. The van der Waals surface area contributed by atoms with Crippen molar-refractivity contribution in [3.63, 3.8) is 0 Å². The van der Waals surface area contributed by atoms with Gasteiger partial charge in [0.25, 0.3) is 5.91 Å². The van der Waals surface area contributed by atoms with Crippen LogP contribution in [0.4, 0.5) is 13.9 Å². The van der Waals surface area contributed by atoms with Crippen LogP contribution in [-0.2, 0) is 6.42 Å². The van der Waals surface area contributed by atoms with Gasteiger partial charge in [-0.05, 0) is 30.7 Å². The first-order chi connectivity index (χ1) is 11.5. The van der Waals surface area contributed by atoms with Gasteiger partial charge in [-0.3, -0.25) is 10.1 Å². The number of benzene rings is 2. The lowest BCUT2D eigenvalue weighted by atomic mass is 10.1. The topological polar surface area (TPSA) is 54.9 Å². The van der Waals surface area contributed by atoms with E-state index in [-0.39, 0.29) is 10.7 Å². The van der Waals surface area contributed by atoms with Crippen molar-refractivity contribution in [3.05, 3.63) is 75.8 Å². The zero-order chi connectivity index (χ0) is 17.1. The van der Waals surface area contributed by atoms with Crippen LogP contribution >= 0.6 is 11.3 Å². The lowest BCUT2D eigenvalue weighted by molar-refractivity contribution is 0.102. The molecule has 0 atom stereocenters. The average Bonchev–Trinajstić information content (AvgIpc) is 2.99. The fraction of sp³-hybridized carbons (Fsp3) is 0.118. The molecule has 0 bridgehead atoms. The first-order valence-corrected chi connectivity index (χ1v) is 7.97. The Morgan fingerprint density at radius 2 is 1.88 bits per heavy atom. The molecule has 1 N–H and O–H groups in total. The lowest BCUT2D eigenvalue weighted by Gasteiger charge is -2.02. The zero-order valence-corrected chi connectivity index (χ0v) is 13.5. The Morgan fingerprint density at radius 1 is 1.12 bits per heavy atom. The summed E-state index contributed by atoms with van der Waals surface area (Å²) in [5.74, 6) is -2.23. The fourth-order valence-corrected chi connectivity index (χ4v) is 2.86. The molecule has 7 heteroatoms. The number of nitrogens with one attached hydrogen (secondary N) is 1. The molecule has 2 aromatic carbocycles. The highest BCUT2D eigenvalue weighted by molar-refractivity contribution is 7.15. The maximum absolute atomic E-state index is 13.6. The van der Waals surface area contributed by atoms with E-state index in [0.717, 1.165) is 23.8 Å². The first kappa shape index (κ1) is 16.2. The quantitative estimate of drug-likeness (QED) is 0.778. The summed E-state index contributed by atoms with van der Waals surface area (Å²) >= 11 is 1.19. The summed E-state index contributed by atoms with van der Waals surface area (Å²) in [4.78, 5) is 12.0. The van der Waals surface area contributed by atoms with E-state index in [4.69, 9.17) is 0 Å². The molecule has 0 saturated heterocycles. The van der Waals surface area contributed by atoms with Crippen LogP contribution in [0.2, 0.25) is 0 Å². The monoisotopic (exact) mass is 345 g/mol. The molecule has 0 aliphatic rings. The Bertz CT molecular complexity index is 878. The number of amides is 1. The number of aromatic nitrogens is 2. The third-order valence-electron chi connectivity index (χ3n) is 3.34. The summed E-state index contributed by atoms with van der Waals surface area (Å²) in [7, 11) is 0. The highest BCUT2D eigenvalue weighted by atomic mass is 32.1. The van der Waals surface area contributed by atoms with Crippen LogP contribution in [0.3, 0.4) is 0 Å². The highest BCUT2D eigenvalue weighted by Gasteiger charge is 2.15. The van der Waals surface area contributed by atoms with Gasteiger partial charge >= 0.3 is 0 Å². The van der Waals surface area contributed by atoms with E-state index in [9.17, 15) is 13.6 Å². The van der Waals surface area contributed by atoms with E-state index in [1.807, 2.05) is 31.2 Å². The Morgan fingerprint density at radius 3 is 2.62 bits per heavy atom. The molecule has 4 nitrogen and oxygen atoms in total. The van der Waals surface area contributed by atoms with E-state index in [1.54, 1.807) is 0 Å². The van der Waals surface area contributed by atoms with Gasteiger partial charge in [-0.2, -0.15) is 0 Å². The maximum atomic E-state index is 13.6. The van der Waals surface area contributed by atoms with Crippen LogP contribution in [0.5, 0.6) is 0 Å². The van der Waals surface area contributed by atoms with Gasteiger partial charge in [0.1, 0.15) is 16.6 Å². The van der Waals surface area contributed by atoms with E-state index in [1.165, 1.54) is 16.9 Å². The summed E-state index contributed by atoms with van der Waals surface area (Å²) < 4.78 is 26.7. The average molecular weight is 345 g/mol. The van der Waals surface area contributed by atoms with Crippen LogP contribution in [-0.4, -0.2) is 16.1 Å².